The number of aliphatic hydroxyl groups excluding tert-OH is 1. The topological polar surface area (TPSA) is 87.0 Å². The van der Waals surface area contributed by atoms with E-state index in [2.05, 4.69) is 5.32 Å². The van der Waals surface area contributed by atoms with Crippen molar-refractivity contribution >= 4 is 45.7 Å². The highest BCUT2D eigenvalue weighted by Crippen LogP contribution is 2.39. The minimum absolute atomic E-state index is 0.0416. The van der Waals surface area contributed by atoms with E-state index in [-0.39, 0.29) is 35.1 Å². The molecule has 1 saturated heterocycles. The number of fused-ring (bicyclic) bond motifs is 1. The number of methoxy groups -OCH3 is 1. The molecule has 0 unspecified atom stereocenters. The maximum absolute atomic E-state index is 15.6. The van der Waals surface area contributed by atoms with E-state index in [1.807, 2.05) is 4.90 Å². The Morgan fingerprint density at radius 1 is 1.15 bits per heavy atom. The second-order valence-electron chi connectivity index (χ2n) is 9.22. The van der Waals surface area contributed by atoms with Gasteiger partial charge in [-0.1, -0.05) is 29.3 Å². The maximum atomic E-state index is 15.6. The zero-order chi connectivity index (χ0) is 29.2. The number of halogens is 6. The number of β-amino-alcohol motifs (C(OH)–C–C–N with tert-alkyl or cyclic N) is 1. The summed E-state index contributed by atoms with van der Waals surface area (Å²) >= 11 is 12.0. The van der Waals surface area contributed by atoms with Crippen LogP contribution in [-0.4, -0.2) is 73.1 Å². The molecular weight excluding hydrogens is 579 g/mol. The van der Waals surface area contributed by atoms with Crippen LogP contribution in [-0.2, 0) is 13.1 Å². The molecule has 2 aromatic carbocycles. The number of carbonyl (C=O) groups excluding carboxylic acids is 1. The number of aliphatic hydroxyl groups is 1. The molecule has 3 aromatic rings. The Morgan fingerprint density at radius 3 is 2.45 bits per heavy atom. The van der Waals surface area contributed by atoms with Crippen molar-refractivity contribution in [3.05, 3.63) is 67.7 Å². The van der Waals surface area contributed by atoms with Crippen LogP contribution in [0.15, 0.2) is 35.3 Å². The van der Waals surface area contributed by atoms with Crippen LogP contribution >= 0.6 is 23.2 Å². The number of rotatable bonds is 8. The van der Waals surface area contributed by atoms with Gasteiger partial charge in [0.05, 0.1) is 24.6 Å². The summed E-state index contributed by atoms with van der Waals surface area (Å²) < 4.78 is 62.6. The molecule has 1 aromatic heterocycles. The second-order valence-corrected chi connectivity index (χ2v) is 10.1. The van der Waals surface area contributed by atoms with Gasteiger partial charge in [0.15, 0.2) is 11.6 Å². The SMILES string of the molecule is COc1c(N2CCN(CCO)CC2)c(F)cc2c(=O)c(C(=O)NCc3ccc(Cl)cc3Cl)cn(CC(F)(F)F)c12. The Labute approximate surface area is 236 Å². The van der Waals surface area contributed by atoms with E-state index in [4.69, 9.17) is 27.9 Å². The number of nitrogens with one attached hydrogen (secondary N) is 1. The van der Waals surface area contributed by atoms with Crippen molar-refractivity contribution in [2.24, 2.45) is 0 Å². The van der Waals surface area contributed by atoms with Crippen LogP contribution in [0.4, 0.5) is 23.2 Å². The monoisotopic (exact) mass is 604 g/mol. The average Bonchev–Trinajstić information content (AvgIpc) is 2.89. The Morgan fingerprint density at radius 2 is 1.85 bits per heavy atom. The first-order chi connectivity index (χ1) is 18.9. The molecule has 40 heavy (non-hydrogen) atoms. The number of ether oxygens (including phenoxy) is 1. The number of benzene rings is 2. The van der Waals surface area contributed by atoms with Crippen LogP contribution in [0.25, 0.3) is 10.9 Å². The zero-order valence-electron chi connectivity index (χ0n) is 21.3. The minimum Gasteiger partial charge on any atom is -0.492 e. The van der Waals surface area contributed by atoms with E-state index in [0.717, 1.165) is 12.3 Å². The number of hydrogen-bond donors (Lipinski definition) is 2. The number of carbonyl (C=O) groups is 1. The smallest absolute Gasteiger partial charge is 0.406 e. The van der Waals surface area contributed by atoms with E-state index < -0.39 is 40.8 Å². The van der Waals surface area contributed by atoms with Crippen LogP contribution in [0.5, 0.6) is 5.75 Å². The summed E-state index contributed by atoms with van der Waals surface area (Å²) in [6.45, 7) is 0.293. The van der Waals surface area contributed by atoms with Crippen molar-refractivity contribution in [3.63, 3.8) is 0 Å². The Kier molecular flexibility index (Phi) is 9.13. The van der Waals surface area contributed by atoms with Gasteiger partial charge in [0, 0.05) is 55.5 Å². The largest absolute Gasteiger partial charge is 0.492 e. The molecule has 0 aliphatic carbocycles. The quantitative estimate of drug-likeness (QED) is 0.377. The Balaban J connectivity index is 1.79. The molecule has 2 N–H and O–H groups in total. The lowest BCUT2D eigenvalue weighted by molar-refractivity contribution is -0.140. The lowest BCUT2D eigenvalue weighted by Crippen LogP contribution is -2.47. The van der Waals surface area contributed by atoms with E-state index in [1.54, 1.807) is 17.0 Å². The summed E-state index contributed by atoms with van der Waals surface area (Å²) in [5.74, 6) is -2.08. The van der Waals surface area contributed by atoms with Gasteiger partial charge < -0.3 is 24.6 Å². The third-order valence-corrected chi connectivity index (χ3v) is 7.19. The lowest BCUT2D eigenvalue weighted by Gasteiger charge is -2.36. The molecule has 1 fully saturated rings. The fourth-order valence-electron chi connectivity index (χ4n) is 4.73. The molecule has 2 heterocycles. The molecule has 216 valence electrons. The average molecular weight is 605 g/mol. The summed E-state index contributed by atoms with van der Waals surface area (Å²) in [6.07, 6.45) is -3.93. The van der Waals surface area contributed by atoms with Gasteiger partial charge >= 0.3 is 6.18 Å². The van der Waals surface area contributed by atoms with Crippen LogP contribution in [0.2, 0.25) is 10.0 Å². The molecule has 0 saturated carbocycles. The molecule has 4 rings (SSSR count). The predicted molar refractivity (Wildman–Crippen MR) is 144 cm³/mol. The minimum atomic E-state index is -4.73. The third-order valence-electron chi connectivity index (χ3n) is 6.60. The van der Waals surface area contributed by atoms with Crippen molar-refractivity contribution in [1.82, 2.24) is 14.8 Å². The number of alkyl halides is 3. The number of amides is 1. The second kappa shape index (κ2) is 12.2. The van der Waals surface area contributed by atoms with Gasteiger partial charge in [-0.3, -0.25) is 14.5 Å². The number of pyridine rings is 1. The summed E-state index contributed by atoms with van der Waals surface area (Å²) in [7, 11) is 1.18. The molecule has 1 aliphatic rings. The lowest BCUT2D eigenvalue weighted by atomic mass is 10.1. The van der Waals surface area contributed by atoms with E-state index in [9.17, 15) is 27.9 Å². The van der Waals surface area contributed by atoms with Crippen LogP contribution in [0.3, 0.4) is 0 Å². The van der Waals surface area contributed by atoms with Gasteiger partial charge in [-0.25, -0.2) is 4.39 Å². The summed E-state index contributed by atoms with van der Waals surface area (Å²) in [6, 6.07) is 5.39. The first-order valence-electron chi connectivity index (χ1n) is 12.2. The standard InChI is InChI=1S/C26H26Cl2F4N4O4/c1-40-24-21-17(11-20(29)22(24)35-6-4-34(5-7-35)8-9-37)23(38)18(13-36(21)14-26(30,31)32)25(39)33-12-15-2-3-16(27)10-19(15)28/h2-3,10-11,13,37H,4-9,12,14H2,1H3,(H,33,39). The van der Waals surface area contributed by atoms with Crippen LogP contribution < -0.4 is 20.4 Å². The van der Waals surface area contributed by atoms with Crippen molar-refractivity contribution in [2.75, 3.05) is 51.3 Å². The van der Waals surface area contributed by atoms with Crippen molar-refractivity contribution < 1.29 is 32.2 Å². The maximum Gasteiger partial charge on any atom is 0.406 e. The van der Waals surface area contributed by atoms with Gasteiger partial charge in [-0.15, -0.1) is 0 Å². The van der Waals surface area contributed by atoms with Crippen LogP contribution in [0.1, 0.15) is 15.9 Å². The highest BCUT2D eigenvalue weighted by atomic mass is 35.5. The molecular formula is C26H26Cl2F4N4O4. The van der Waals surface area contributed by atoms with Gasteiger partial charge in [0.25, 0.3) is 5.91 Å². The third kappa shape index (κ3) is 6.46. The number of anilines is 1. The zero-order valence-corrected chi connectivity index (χ0v) is 22.8. The van der Waals surface area contributed by atoms with Gasteiger partial charge in [-0.05, 0) is 23.8 Å². The summed E-state index contributed by atoms with van der Waals surface area (Å²) in [5, 5.41) is 11.8. The molecule has 1 amide bonds. The molecule has 0 bridgehead atoms. The van der Waals surface area contributed by atoms with Crippen molar-refractivity contribution in [3.8, 4) is 5.75 Å². The first kappa shape index (κ1) is 29.9. The van der Waals surface area contributed by atoms with E-state index >= 15 is 4.39 Å². The van der Waals surface area contributed by atoms with Crippen LogP contribution in [0, 0.1) is 5.82 Å². The predicted octanol–water partition coefficient (Wildman–Crippen LogP) is 4.06. The molecule has 0 spiro atoms. The van der Waals surface area contributed by atoms with Crippen molar-refractivity contribution in [1.29, 1.82) is 0 Å². The Hall–Kier alpha value is -3.06. The van der Waals surface area contributed by atoms with E-state index in [0.29, 0.717) is 47.9 Å². The normalized spacial score (nSPS) is 14.6. The fraction of sp³-hybridized carbons (Fsp3) is 0.385. The highest BCUT2D eigenvalue weighted by molar-refractivity contribution is 6.35. The number of hydrogen-bond acceptors (Lipinski definition) is 6. The molecule has 1 aliphatic heterocycles. The summed E-state index contributed by atoms with van der Waals surface area (Å²) in [5.41, 5.74) is -1.45. The highest BCUT2D eigenvalue weighted by Gasteiger charge is 2.32. The fourth-order valence-corrected chi connectivity index (χ4v) is 5.20. The Bertz CT molecular complexity index is 1470. The van der Waals surface area contributed by atoms with Crippen molar-refractivity contribution in [2.45, 2.75) is 19.3 Å². The van der Waals surface area contributed by atoms with Gasteiger partial charge in [0.2, 0.25) is 5.43 Å². The molecule has 0 atom stereocenters. The number of nitrogens with zero attached hydrogens (tertiary/aromatic N) is 3. The van der Waals surface area contributed by atoms with Gasteiger partial charge in [0.1, 0.15) is 17.8 Å². The summed E-state index contributed by atoms with van der Waals surface area (Å²) in [4.78, 5) is 29.9. The van der Waals surface area contributed by atoms with E-state index in [1.165, 1.54) is 13.2 Å². The molecule has 8 nitrogen and oxygen atoms in total. The number of aromatic nitrogens is 1. The molecule has 14 heteroatoms. The molecule has 0 radical (unpaired) electrons. The number of piperazine rings is 1. The first-order valence-corrected chi connectivity index (χ1v) is 13.0. The van der Waals surface area contributed by atoms with Gasteiger partial charge in [-0.2, -0.15) is 13.2 Å².